The lowest BCUT2D eigenvalue weighted by molar-refractivity contribution is 0.221. The quantitative estimate of drug-likeness (QED) is 0.718. The largest absolute Gasteiger partial charge is 0.301 e. The Morgan fingerprint density at radius 2 is 2.00 bits per heavy atom. The maximum Gasteiger partial charge on any atom is 0.0235 e. The molecule has 0 aromatic heterocycles. The average Bonchev–Trinajstić information content (AvgIpc) is 2.96. The summed E-state index contributed by atoms with van der Waals surface area (Å²) in [6, 6.07) is 0.871. The van der Waals surface area contributed by atoms with Crippen molar-refractivity contribution in [3.63, 3.8) is 0 Å². The molecule has 0 radical (unpaired) electrons. The second-order valence-corrected chi connectivity index (χ2v) is 6.02. The van der Waals surface area contributed by atoms with E-state index in [9.17, 15) is 0 Å². The van der Waals surface area contributed by atoms with Gasteiger partial charge >= 0.3 is 0 Å². The molecule has 2 aliphatic heterocycles. The zero-order valence-electron chi connectivity index (χ0n) is 10.5. The van der Waals surface area contributed by atoms with Crippen LogP contribution in [0.5, 0.6) is 0 Å². The molecular weight excluding hydrogens is 264 g/mol. The Bertz CT molecular complexity index is 200. The van der Waals surface area contributed by atoms with E-state index in [4.69, 9.17) is 0 Å². The van der Waals surface area contributed by atoms with Gasteiger partial charge in [-0.1, -0.05) is 29.3 Å². The van der Waals surface area contributed by atoms with E-state index in [1.165, 1.54) is 58.4 Å². The molecular formula is C13H25BrN2. The van der Waals surface area contributed by atoms with Gasteiger partial charge in [0.15, 0.2) is 0 Å². The summed E-state index contributed by atoms with van der Waals surface area (Å²) in [7, 11) is 0. The van der Waals surface area contributed by atoms with Crippen LogP contribution >= 0.6 is 15.9 Å². The zero-order valence-corrected chi connectivity index (χ0v) is 12.1. The summed E-state index contributed by atoms with van der Waals surface area (Å²) in [5, 5.41) is 1.16. The van der Waals surface area contributed by atoms with E-state index in [1.54, 1.807) is 0 Å². The van der Waals surface area contributed by atoms with Gasteiger partial charge in [0, 0.05) is 24.5 Å². The molecule has 94 valence electrons. The number of hydrogen-bond acceptors (Lipinski definition) is 2. The molecule has 0 aliphatic carbocycles. The minimum Gasteiger partial charge on any atom is -0.301 e. The van der Waals surface area contributed by atoms with Gasteiger partial charge in [-0.25, -0.2) is 0 Å². The Balaban J connectivity index is 1.74. The molecule has 0 amide bonds. The molecule has 0 saturated carbocycles. The maximum atomic E-state index is 3.63. The van der Waals surface area contributed by atoms with Gasteiger partial charge in [0.25, 0.3) is 0 Å². The third-order valence-corrected chi connectivity index (χ3v) is 5.13. The van der Waals surface area contributed by atoms with Gasteiger partial charge in [0.2, 0.25) is 0 Å². The van der Waals surface area contributed by atoms with Crippen LogP contribution in [-0.4, -0.2) is 53.9 Å². The van der Waals surface area contributed by atoms with Crippen molar-refractivity contribution in [3.05, 3.63) is 0 Å². The van der Waals surface area contributed by atoms with Crippen LogP contribution in [0.3, 0.4) is 0 Å². The van der Waals surface area contributed by atoms with E-state index in [0.29, 0.717) is 0 Å². The normalized spacial score (nSPS) is 30.0. The molecule has 0 aromatic rings. The van der Waals surface area contributed by atoms with Crippen LogP contribution in [0.25, 0.3) is 0 Å². The molecule has 0 bridgehead atoms. The van der Waals surface area contributed by atoms with Crippen LogP contribution in [0, 0.1) is 5.92 Å². The van der Waals surface area contributed by atoms with Gasteiger partial charge in [0.05, 0.1) is 0 Å². The first-order chi connectivity index (χ1) is 7.83. The second kappa shape index (κ2) is 6.36. The number of halogens is 1. The van der Waals surface area contributed by atoms with Gasteiger partial charge in [-0.05, 0) is 44.8 Å². The Labute approximate surface area is 108 Å². The molecule has 2 atom stereocenters. The summed E-state index contributed by atoms with van der Waals surface area (Å²) in [5.41, 5.74) is 0. The summed E-state index contributed by atoms with van der Waals surface area (Å²) < 4.78 is 0. The fraction of sp³-hybridized carbons (Fsp3) is 1.00. The third-order valence-electron chi connectivity index (χ3n) is 4.22. The molecule has 2 fully saturated rings. The van der Waals surface area contributed by atoms with E-state index in [-0.39, 0.29) is 0 Å². The molecule has 0 spiro atoms. The Morgan fingerprint density at radius 3 is 2.62 bits per heavy atom. The number of likely N-dealkylation sites (tertiary alicyclic amines) is 2. The summed E-state index contributed by atoms with van der Waals surface area (Å²) in [4.78, 5) is 5.40. The molecule has 2 nitrogen and oxygen atoms in total. The van der Waals surface area contributed by atoms with Crippen molar-refractivity contribution in [2.75, 3.05) is 38.1 Å². The van der Waals surface area contributed by atoms with Crippen LogP contribution in [0.4, 0.5) is 0 Å². The standard InChI is InChI=1S/C13H25BrN2/c1-2-12(9-14)10-15-8-5-13(11-15)16-6-3-4-7-16/h12-13H,2-11H2,1H3. The summed E-state index contributed by atoms with van der Waals surface area (Å²) in [6.07, 6.45) is 5.56. The molecule has 2 aliphatic rings. The van der Waals surface area contributed by atoms with E-state index in [1.807, 2.05) is 0 Å². The first-order valence-electron chi connectivity index (χ1n) is 6.85. The number of rotatable bonds is 5. The highest BCUT2D eigenvalue weighted by atomic mass is 79.9. The van der Waals surface area contributed by atoms with E-state index >= 15 is 0 Å². The van der Waals surface area contributed by atoms with Crippen LogP contribution in [0.2, 0.25) is 0 Å². The van der Waals surface area contributed by atoms with Gasteiger partial charge in [0.1, 0.15) is 0 Å². The highest BCUT2D eigenvalue weighted by molar-refractivity contribution is 9.09. The van der Waals surface area contributed by atoms with E-state index in [2.05, 4.69) is 32.7 Å². The topological polar surface area (TPSA) is 6.48 Å². The Hall–Kier alpha value is 0.400. The lowest BCUT2D eigenvalue weighted by Gasteiger charge is -2.25. The van der Waals surface area contributed by atoms with Crippen molar-refractivity contribution >= 4 is 15.9 Å². The first-order valence-corrected chi connectivity index (χ1v) is 7.98. The van der Waals surface area contributed by atoms with Gasteiger partial charge in [-0.15, -0.1) is 0 Å². The first kappa shape index (κ1) is 12.8. The van der Waals surface area contributed by atoms with Crippen LogP contribution in [0.15, 0.2) is 0 Å². The van der Waals surface area contributed by atoms with Crippen LogP contribution in [-0.2, 0) is 0 Å². The van der Waals surface area contributed by atoms with E-state index in [0.717, 1.165) is 17.3 Å². The number of hydrogen-bond donors (Lipinski definition) is 0. The van der Waals surface area contributed by atoms with Crippen molar-refractivity contribution in [1.82, 2.24) is 9.80 Å². The Morgan fingerprint density at radius 1 is 1.25 bits per heavy atom. The van der Waals surface area contributed by atoms with Gasteiger partial charge < -0.3 is 4.90 Å². The van der Waals surface area contributed by atoms with Crippen molar-refractivity contribution < 1.29 is 0 Å². The van der Waals surface area contributed by atoms with Crippen LogP contribution < -0.4 is 0 Å². The molecule has 0 aromatic carbocycles. The minimum atomic E-state index is 0.845. The predicted molar refractivity (Wildman–Crippen MR) is 73.2 cm³/mol. The van der Waals surface area contributed by atoms with Crippen molar-refractivity contribution in [3.8, 4) is 0 Å². The predicted octanol–water partition coefficient (Wildman–Crippen LogP) is 2.58. The average molecular weight is 289 g/mol. The van der Waals surface area contributed by atoms with Gasteiger partial charge in [-0.3, -0.25) is 4.90 Å². The van der Waals surface area contributed by atoms with Crippen molar-refractivity contribution in [2.45, 2.75) is 38.6 Å². The molecule has 2 saturated heterocycles. The molecule has 2 unspecified atom stereocenters. The highest BCUT2D eigenvalue weighted by Gasteiger charge is 2.29. The summed E-state index contributed by atoms with van der Waals surface area (Å²) >= 11 is 3.63. The minimum absolute atomic E-state index is 0.845. The fourth-order valence-corrected chi connectivity index (χ4v) is 3.70. The van der Waals surface area contributed by atoms with Crippen molar-refractivity contribution in [1.29, 1.82) is 0 Å². The van der Waals surface area contributed by atoms with Crippen LogP contribution in [0.1, 0.15) is 32.6 Å². The molecule has 2 rings (SSSR count). The third kappa shape index (κ3) is 3.21. The summed E-state index contributed by atoms with van der Waals surface area (Å²) in [6.45, 7) is 8.96. The molecule has 3 heteroatoms. The number of nitrogens with zero attached hydrogens (tertiary/aromatic N) is 2. The Kier molecular flexibility index (Phi) is 5.11. The molecule has 2 heterocycles. The number of alkyl halides is 1. The zero-order chi connectivity index (χ0) is 11.4. The smallest absolute Gasteiger partial charge is 0.0235 e. The SMILES string of the molecule is CCC(CBr)CN1CCC(N2CCCC2)C1. The lowest BCUT2D eigenvalue weighted by Crippen LogP contribution is -2.36. The van der Waals surface area contributed by atoms with Crippen molar-refractivity contribution in [2.24, 2.45) is 5.92 Å². The highest BCUT2D eigenvalue weighted by Crippen LogP contribution is 2.21. The second-order valence-electron chi connectivity index (χ2n) is 5.37. The van der Waals surface area contributed by atoms with E-state index < -0.39 is 0 Å². The molecule has 16 heavy (non-hydrogen) atoms. The van der Waals surface area contributed by atoms with Gasteiger partial charge in [-0.2, -0.15) is 0 Å². The maximum absolute atomic E-state index is 3.63. The molecule has 0 N–H and O–H groups in total. The fourth-order valence-electron chi connectivity index (χ4n) is 3.03. The lowest BCUT2D eigenvalue weighted by atomic mass is 10.1. The monoisotopic (exact) mass is 288 g/mol. The summed E-state index contributed by atoms with van der Waals surface area (Å²) in [5.74, 6) is 0.845.